The lowest BCUT2D eigenvalue weighted by molar-refractivity contribution is -0.0688. The summed E-state index contributed by atoms with van der Waals surface area (Å²) in [5, 5.41) is 12.3. The molecule has 0 aromatic carbocycles. The van der Waals surface area contributed by atoms with Crippen LogP contribution in [0.1, 0.15) is 27.7 Å². The van der Waals surface area contributed by atoms with Gasteiger partial charge in [0.1, 0.15) is 6.04 Å². The first kappa shape index (κ1) is 13.4. The first-order chi connectivity index (χ1) is 7.51. The minimum Gasteiger partial charge on any atom is -0.373 e. The molecule has 0 aliphatic carbocycles. The predicted molar refractivity (Wildman–Crippen MR) is 64.1 cm³/mol. The van der Waals surface area contributed by atoms with Crippen molar-refractivity contribution >= 4 is 0 Å². The Labute approximate surface area is 98.6 Å². The molecule has 16 heavy (non-hydrogen) atoms. The number of nitrogens with one attached hydrogen (secondary N) is 1. The van der Waals surface area contributed by atoms with Crippen molar-refractivity contribution in [1.29, 1.82) is 5.26 Å². The van der Waals surface area contributed by atoms with Crippen LogP contribution in [0.2, 0.25) is 0 Å². The number of ether oxygens (including phenoxy) is 1. The Balaban J connectivity index is 2.42. The fourth-order valence-corrected chi connectivity index (χ4v) is 2.22. The van der Waals surface area contributed by atoms with Gasteiger partial charge in [-0.3, -0.25) is 10.2 Å². The maximum absolute atomic E-state index is 9.07. The van der Waals surface area contributed by atoms with E-state index in [1.165, 1.54) is 0 Å². The van der Waals surface area contributed by atoms with Gasteiger partial charge in [0.25, 0.3) is 0 Å². The summed E-state index contributed by atoms with van der Waals surface area (Å²) < 4.78 is 5.67. The number of hydrogen-bond acceptors (Lipinski definition) is 4. The average Bonchev–Trinajstić information content (AvgIpc) is 2.14. The van der Waals surface area contributed by atoms with Gasteiger partial charge in [-0.25, -0.2) is 0 Å². The van der Waals surface area contributed by atoms with Gasteiger partial charge < -0.3 is 4.74 Å². The van der Waals surface area contributed by atoms with E-state index >= 15 is 0 Å². The van der Waals surface area contributed by atoms with Crippen LogP contribution in [0.3, 0.4) is 0 Å². The van der Waals surface area contributed by atoms with Gasteiger partial charge in [-0.2, -0.15) is 5.26 Å². The van der Waals surface area contributed by atoms with Crippen LogP contribution >= 0.6 is 0 Å². The quantitative estimate of drug-likeness (QED) is 0.775. The van der Waals surface area contributed by atoms with Gasteiger partial charge in [-0.1, -0.05) is 0 Å². The van der Waals surface area contributed by atoms with Crippen LogP contribution in [-0.4, -0.2) is 48.8 Å². The molecule has 0 spiro atoms. The lowest BCUT2D eigenvalue weighted by Gasteiger charge is -2.36. The van der Waals surface area contributed by atoms with Crippen LogP contribution in [0.25, 0.3) is 0 Å². The minimum absolute atomic E-state index is 0.0856. The summed E-state index contributed by atoms with van der Waals surface area (Å²) in [7, 11) is 0. The van der Waals surface area contributed by atoms with E-state index in [0.717, 1.165) is 19.6 Å². The summed E-state index contributed by atoms with van der Waals surface area (Å²) in [5.41, 5.74) is 0. The summed E-state index contributed by atoms with van der Waals surface area (Å²) in [6.07, 6.45) is 0.532. The molecule has 92 valence electrons. The van der Waals surface area contributed by atoms with Gasteiger partial charge in [-0.05, 0) is 27.7 Å². The van der Waals surface area contributed by atoms with Crippen LogP contribution in [-0.2, 0) is 4.74 Å². The highest BCUT2D eigenvalue weighted by Gasteiger charge is 2.24. The molecule has 1 rings (SSSR count). The number of hydrogen-bond donors (Lipinski definition) is 1. The molecule has 0 aromatic heterocycles. The largest absolute Gasteiger partial charge is 0.373 e. The first-order valence-corrected chi connectivity index (χ1v) is 6.04. The second kappa shape index (κ2) is 6.19. The molecule has 0 bridgehead atoms. The number of nitrogens with zero attached hydrogens (tertiary/aromatic N) is 2. The molecule has 4 heteroatoms. The predicted octanol–water partition coefficient (Wildman–Crippen LogP) is 0.986. The normalized spacial score (nSPS) is 29.0. The Morgan fingerprint density at radius 2 is 1.94 bits per heavy atom. The van der Waals surface area contributed by atoms with Crippen molar-refractivity contribution in [3.63, 3.8) is 0 Å². The monoisotopic (exact) mass is 225 g/mol. The van der Waals surface area contributed by atoms with Crippen molar-refractivity contribution < 1.29 is 4.74 Å². The van der Waals surface area contributed by atoms with E-state index < -0.39 is 0 Å². The third-order valence-electron chi connectivity index (χ3n) is 2.63. The Bertz CT molecular complexity index is 239. The molecule has 0 aromatic rings. The van der Waals surface area contributed by atoms with Crippen molar-refractivity contribution in [2.24, 2.45) is 0 Å². The highest BCUT2D eigenvalue weighted by Crippen LogP contribution is 2.10. The van der Waals surface area contributed by atoms with E-state index in [1.807, 2.05) is 0 Å². The summed E-state index contributed by atoms with van der Waals surface area (Å²) in [5.74, 6) is 0. The maximum Gasteiger partial charge on any atom is 0.108 e. The number of rotatable bonds is 4. The fourth-order valence-electron chi connectivity index (χ4n) is 2.22. The van der Waals surface area contributed by atoms with Crippen LogP contribution in [0.5, 0.6) is 0 Å². The van der Waals surface area contributed by atoms with E-state index in [-0.39, 0.29) is 18.2 Å². The van der Waals surface area contributed by atoms with Crippen molar-refractivity contribution in [2.45, 2.75) is 52.0 Å². The lowest BCUT2D eigenvalue weighted by Crippen LogP contribution is -2.51. The van der Waals surface area contributed by atoms with Crippen LogP contribution in [0.4, 0.5) is 0 Å². The summed E-state index contributed by atoms with van der Waals surface area (Å²) in [6, 6.07) is 2.58. The Hall–Kier alpha value is -0.630. The zero-order valence-electron chi connectivity index (χ0n) is 10.7. The van der Waals surface area contributed by atoms with Gasteiger partial charge >= 0.3 is 0 Å². The van der Waals surface area contributed by atoms with Crippen LogP contribution < -0.4 is 5.32 Å². The Kier molecular flexibility index (Phi) is 5.20. The molecule has 1 saturated heterocycles. The second-order valence-electron chi connectivity index (χ2n) is 4.98. The molecular formula is C12H23N3O. The van der Waals surface area contributed by atoms with Gasteiger partial charge in [0.2, 0.25) is 0 Å². The van der Waals surface area contributed by atoms with Crippen LogP contribution in [0.15, 0.2) is 0 Å². The molecule has 3 atom stereocenters. The van der Waals surface area contributed by atoms with Gasteiger partial charge in [0, 0.05) is 25.7 Å². The first-order valence-electron chi connectivity index (χ1n) is 6.04. The van der Waals surface area contributed by atoms with E-state index in [2.05, 4.69) is 44.0 Å². The van der Waals surface area contributed by atoms with Crippen molar-refractivity contribution in [3.8, 4) is 6.07 Å². The van der Waals surface area contributed by atoms with Gasteiger partial charge in [-0.15, -0.1) is 0 Å². The molecule has 0 radical (unpaired) electrons. The maximum atomic E-state index is 9.07. The van der Waals surface area contributed by atoms with Crippen molar-refractivity contribution in [3.05, 3.63) is 0 Å². The van der Waals surface area contributed by atoms with E-state index in [1.54, 1.807) is 0 Å². The standard InChI is InChI=1S/C12H23N3O/c1-9(2)14-12(5-13)8-15-6-10(3)16-11(4)7-15/h9-12,14H,6-8H2,1-4H3. The molecule has 1 fully saturated rings. The second-order valence-corrected chi connectivity index (χ2v) is 4.98. The molecular weight excluding hydrogens is 202 g/mol. The lowest BCUT2D eigenvalue weighted by atomic mass is 10.2. The van der Waals surface area contributed by atoms with Crippen LogP contribution in [0, 0.1) is 11.3 Å². The number of nitriles is 1. The van der Waals surface area contributed by atoms with E-state index in [0.29, 0.717) is 6.04 Å². The zero-order chi connectivity index (χ0) is 12.1. The van der Waals surface area contributed by atoms with Gasteiger partial charge in [0.15, 0.2) is 0 Å². The smallest absolute Gasteiger partial charge is 0.108 e. The molecule has 1 aliphatic rings. The average molecular weight is 225 g/mol. The topological polar surface area (TPSA) is 48.3 Å². The summed E-state index contributed by atoms with van der Waals surface area (Å²) in [4.78, 5) is 2.31. The number of morpholine rings is 1. The SMILES string of the molecule is CC(C)NC(C#N)CN1CC(C)OC(C)C1. The van der Waals surface area contributed by atoms with E-state index in [9.17, 15) is 0 Å². The molecule has 4 nitrogen and oxygen atoms in total. The molecule has 0 amide bonds. The molecule has 1 heterocycles. The summed E-state index contributed by atoms with van der Waals surface area (Å²) in [6.45, 7) is 10.9. The molecule has 1 aliphatic heterocycles. The van der Waals surface area contributed by atoms with Gasteiger partial charge in [0.05, 0.1) is 18.3 Å². The summed E-state index contributed by atoms with van der Waals surface area (Å²) >= 11 is 0. The Morgan fingerprint density at radius 1 is 1.38 bits per heavy atom. The highest BCUT2D eigenvalue weighted by molar-refractivity contribution is 4.94. The van der Waals surface area contributed by atoms with E-state index in [4.69, 9.17) is 10.00 Å². The third-order valence-corrected chi connectivity index (χ3v) is 2.63. The molecule has 1 N–H and O–H groups in total. The molecule has 3 unspecified atom stereocenters. The van der Waals surface area contributed by atoms with Crippen molar-refractivity contribution in [2.75, 3.05) is 19.6 Å². The Morgan fingerprint density at radius 3 is 2.38 bits per heavy atom. The third kappa shape index (κ3) is 4.48. The highest BCUT2D eigenvalue weighted by atomic mass is 16.5. The zero-order valence-corrected chi connectivity index (χ0v) is 10.7. The minimum atomic E-state index is -0.0856. The fraction of sp³-hybridized carbons (Fsp3) is 0.917. The van der Waals surface area contributed by atoms with Crippen molar-refractivity contribution in [1.82, 2.24) is 10.2 Å². The molecule has 0 saturated carbocycles.